The van der Waals surface area contributed by atoms with Gasteiger partial charge < -0.3 is 10.2 Å². The summed E-state index contributed by atoms with van der Waals surface area (Å²) in [6.45, 7) is 2.32. The van der Waals surface area contributed by atoms with Gasteiger partial charge in [0.1, 0.15) is 0 Å². The largest absolute Gasteiger partial charge is 0.332 e. The number of carbonyl (C=O) groups is 1. The van der Waals surface area contributed by atoms with E-state index in [0.717, 1.165) is 23.7 Å². The van der Waals surface area contributed by atoms with E-state index in [-0.39, 0.29) is 6.03 Å². The van der Waals surface area contributed by atoms with Crippen molar-refractivity contribution in [3.05, 3.63) is 23.5 Å². The monoisotopic (exact) mass is 318 g/mol. The smallest absolute Gasteiger partial charge is 0.317 e. The van der Waals surface area contributed by atoms with Crippen molar-refractivity contribution >= 4 is 22.3 Å². The van der Waals surface area contributed by atoms with Crippen LogP contribution in [0.15, 0.2) is 17.8 Å². The molecule has 1 N–H and O–H groups in total. The van der Waals surface area contributed by atoms with Crippen LogP contribution >= 0.6 is 11.3 Å². The first-order valence-electron chi connectivity index (χ1n) is 8.18. The van der Waals surface area contributed by atoms with Gasteiger partial charge >= 0.3 is 6.03 Å². The Hall–Kier alpha value is -1.56. The minimum atomic E-state index is 0.0594. The minimum Gasteiger partial charge on any atom is -0.332 e. The van der Waals surface area contributed by atoms with Crippen LogP contribution in [0.25, 0.3) is 4.96 Å². The molecule has 22 heavy (non-hydrogen) atoms. The zero-order chi connectivity index (χ0) is 15.0. The molecule has 0 radical (unpaired) electrons. The quantitative estimate of drug-likeness (QED) is 0.924. The van der Waals surface area contributed by atoms with Crippen LogP contribution in [0.4, 0.5) is 4.79 Å². The highest BCUT2D eigenvalue weighted by molar-refractivity contribution is 7.15. The van der Waals surface area contributed by atoms with Crippen molar-refractivity contribution in [3.63, 3.8) is 0 Å². The molecule has 2 aliphatic rings. The highest BCUT2D eigenvalue weighted by atomic mass is 32.1. The molecule has 0 unspecified atom stereocenters. The number of hydrogen-bond acceptors (Lipinski definition) is 3. The van der Waals surface area contributed by atoms with E-state index < -0.39 is 0 Å². The standard InChI is InChI=1S/C16H22N4OS/c21-14(17-11-13-12-20-9-10-22-15(20)18-13)19-7-5-16(6-8-19)3-1-2-4-16/h9-10,12H,1-8,11H2,(H,17,21). The van der Waals surface area contributed by atoms with Crippen molar-refractivity contribution in [3.8, 4) is 0 Å². The maximum absolute atomic E-state index is 12.3. The lowest BCUT2D eigenvalue weighted by Crippen LogP contribution is -2.46. The summed E-state index contributed by atoms with van der Waals surface area (Å²) in [7, 11) is 0. The van der Waals surface area contributed by atoms with E-state index in [1.165, 1.54) is 38.5 Å². The molecule has 0 atom stereocenters. The first kappa shape index (κ1) is 14.1. The summed E-state index contributed by atoms with van der Waals surface area (Å²) in [5.74, 6) is 0. The second-order valence-corrected chi connectivity index (χ2v) is 7.55. The first-order chi connectivity index (χ1) is 10.7. The number of amides is 2. The Morgan fingerprint density at radius 2 is 2.05 bits per heavy atom. The maximum atomic E-state index is 12.3. The summed E-state index contributed by atoms with van der Waals surface area (Å²) in [4.78, 5) is 19.8. The Balaban J connectivity index is 1.30. The number of likely N-dealkylation sites (tertiary alicyclic amines) is 1. The number of carbonyl (C=O) groups excluding carboxylic acids is 1. The summed E-state index contributed by atoms with van der Waals surface area (Å²) in [5.41, 5.74) is 1.48. The molecule has 2 fully saturated rings. The van der Waals surface area contributed by atoms with Crippen LogP contribution in [0.5, 0.6) is 0 Å². The normalized spacial score (nSPS) is 20.8. The molecule has 3 heterocycles. The molecule has 5 nitrogen and oxygen atoms in total. The number of fused-ring (bicyclic) bond motifs is 1. The van der Waals surface area contributed by atoms with Crippen LogP contribution in [0.1, 0.15) is 44.2 Å². The second kappa shape index (κ2) is 5.57. The van der Waals surface area contributed by atoms with Crippen LogP contribution in [-0.4, -0.2) is 33.4 Å². The average molecular weight is 318 g/mol. The zero-order valence-electron chi connectivity index (χ0n) is 12.8. The van der Waals surface area contributed by atoms with E-state index >= 15 is 0 Å². The van der Waals surface area contributed by atoms with E-state index in [1.807, 2.05) is 27.1 Å². The Kier molecular flexibility index (Phi) is 3.56. The number of hydrogen-bond donors (Lipinski definition) is 1. The third kappa shape index (κ3) is 2.60. The lowest BCUT2D eigenvalue weighted by atomic mass is 9.77. The molecule has 0 aromatic carbocycles. The van der Waals surface area contributed by atoms with E-state index in [1.54, 1.807) is 11.3 Å². The summed E-state index contributed by atoms with van der Waals surface area (Å²) < 4.78 is 2.00. The summed E-state index contributed by atoms with van der Waals surface area (Å²) in [5, 5.41) is 5.03. The van der Waals surface area contributed by atoms with Gasteiger partial charge in [-0.05, 0) is 31.1 Å². The van der Waals surface area contributed by atoms with Crippen molar-refractivity contribution in [1.82, 2.24) is 19.6 Å². The van der Waals surface area contributed by atoms with E-state index in [9.17, 15) is 4.79 Å². The fourth-order valence-corrected chi connectivity index (χ4v) is 4.67. The van der Waals surface area contributed by atoms with E-state index in [2.05, 4.69) is 10.3 Å². The number of imidazole rings is 1. The highest BCUT2D eigenvalue weighted by Gasteiger charge is 2.37. The van der Waals surface area contributed by atoms with E-state index in [4.69, 9.17) is 0 Å². The molecule has 1 spiro atoms. The fourth-order valence-electron chi connectivity index (χ4n) is 3.95. The summed E-state index contributed by atoms with van der Waals surface area (Å²) in [6.07, 6.45) is 11.8. The predicted octanol–water partition coefficient (Wildman–Crippen LogP) is 3.26. The molecule has 2 aromatic heterocycles. The summed E-state index contributed by atoms with van der Waals surface area (Å²) in [6, 6.07) is 0.0594. The van der Waals surface area contributed by atoms with Crippen molar-refractivity contribution in [2.45, 2.75) is 45.1 Å². The molecule has 1 aliphatic carbocycles. The van der Waals surface area contributed by atoms with Gasteiger partial charge in [-0.15, -0.1) is 11.3 Å². The van der Waals surface area contributed by atoms with E-state index in [0.29, 0.717) is 12.0 Å². The third-order valence-electron chi connectivity index (χ3n) is 5.34. The molecule has 118 valence electrons. The zero-order valence-corrected chi connectivity index (χ0v) is 13.6. The Labute approximate surface area is 134 Å². The molecular formula is C16H22N4OS. The number of nitrogens with one attached hydrogen (secondary N) is 1. The molecule has 1 aliphatic heterocycles. The fraction of sp³-hybridized carbons (Fsp3) is 0.625. The van der Waals surface area contributed by atoms with Gasteiger partial charge in [0.15, 0.2) is 4.96 Å². The van der Waals surface area contributed by atoms with Crippen LogP contribution in [0.2, 0.25) is 0 Å². The van der Waals surface area contributed by atoms with Crippen LogP contribution in [0.3, 0.4) is 0 Å². The van der Waals surface area contributed by atoms with Gasteiger partial charge in [0, 0.05) is 30.9 Å². The summed E-state index contributed by atoms with van der Waals surface area (Å²) >= 11 is 1.61. The van der Waals surface area contributed by atoms with Crippen LogP contribution in [-0.2, 0) is 6.54 Å². The predicted molar refractivity (Wildman–Crippen MR) is 87.0 cm³/mol. The average Bonchev–Trinajstić information content (AvgIpc) is 3.22. The molecule has 2 amide bonds. The molecule has 1 saturated carbocycles. The number of nitrogens with zero attached hydrogens (tertiary/aromatic N) is 3. The van der Waals surface area contributed by atoms with Gasteiger partial charge in [0.05, 0.1) is 12.2 Å². The number of piperidine rings is 1. The number of rotatable bonds is 2. The SMILES string of the molecule is O=C(NCc1cn2ccsc2n1)N1CCC2(CCCC2)CC1. The van der Waals surface area contributed by atoms with Crippen molar-refractivity contribution in [2.75, 3.05) is 13.1 Å². The lowest BCUT2D eigenvalue weighted by Gasteiger charge is -2.39. The first-order valence-corrected chi connectivity index (χ1v) is 9.06. The number of urea groups is 1. The molecule has 4 rings (SSSR count). The third-order valence-corrected chi connectivity index (χ3v) is 6.11. The van der Waals surface area contributed by atoms with Crippen molar-refractivity contribution in [1.29, 1.82) is 0 Å². The lowest BCUT2D eigenvalue weighted by molar-refractivity contribution is 0.120. The molecular weight excluding hydrogens is 296 g/mol. The molecule has 1 saturated heterocycles. The number of aromatic nitrogens is 2. The highest BCUT2D eigenvalue weighted by Crippen LogP contribution is 2.46. The Morgan fingerprint density at radius 1 is 1.27 bits per heavy atom. The molecule has 0 bridgehead atoms. The molecule has 2 aromatic rings. The number of thiazole rings is 1. The van der Waals surface area contributed by atoms with Crippen LogP contribution in [0, 0.1) is 5.41 Å². The van der Waals surface area contributed by atoms with Gasteiger partial charge in [-0.3, -0.25) is 4.40 Å². The van der Waals surface area contributed by atoms with Crippen LogP contribution < -0.4 is 5.32 Å². The van der Waals surface area contributed by atoms with Crippen molar-refractivity contribution < 1.29 is 4.79 Å². The van der Waals surface area contributed by atoms with Crippen molar-refractivity contribution in [2.24, 2.45) is 5.41 Å². The van der Waals surface area contributed by atoms with Gasteiger partial charge in [-0.1, -0.05) is 12.8 Å². The second-order valence-electron chi connectivity index (χ2n) is 6.68. The van der Waals surface area contributed by atoms with Gasteiger partial charge in [0.2, 0.25) is 0 Å². The topological polar surface area (TPSA) is 49.6 Å². The van der Waals surface area contributed by atoms with Gasteiger partial charge in [0.25, 0.3) is 0 Å². The van der Waals surface area contributed by atoms with Gasteiger partial charge in [-0.2, -0.15) is 0 Å². The molecule has 6 heteroatoms. The van der Waals surface area contributed by atoms with Gasteiger partial charge in [-0.25, -0.2) is 9.78 Å². The minimum absolute atomic E-state index is 0.0594. The Morgan fingerprint density at radius 3 is 2.77 bits per heavy atom. The maximum Gasteiger partial charge on any atom is 0.317 e. The Bertz CT molecular complexity index is 632.